The molecule has 0 radical (unpaired) electrons. The van der Waals surface area contributed by atoms with Crippen molar-refractivity contribution in [1.82, 2.24) is 39.9 Å². The lowest BCUT2D eigenvalue weighted by Gasteiger charge is -2.40. The predicted molar refractivity (Wildman–Crippen MR) is 497 cm³/mol. The molecule has 0 N–H and O–H groups in total. The Bertz CT molecular complexity index is 7690. The Morgan fingerprint density at radius 3 is 0.803 bits per heavy atom. The summed E-state index contributed by atoms with van der Waals surface area (Å²) in [5, 5.41) is 6.85. The lowest BCUT2D eigenvalue weighted by molar-refractivity contribution is 0.724. The Morgan fingerprint density at radius 2 is 0.426 bits per heavy atom. The predicted octanol–water partition coefficient (Wildman–Crippen LogP) is 27.8. The Balaban J connectivity index is 0.000000139. The van der Waals surface area contributed by atoms with E-state index in [0.717, 1.165) is 94.0 Å². The van der Waals surface area contributed by atoms with E-state index in [1.165, 1.54) is 103 Å². The van der Waals surface area contributed by atoms with E-state index >= 15 is 0 Å². The fourth-order valence-electron chi connectivity index (χ4n) is 19.4. The summed E-state index contributed by atoms with van der Waals surface area (Å²) >= 11 is 3.72. The first-order valence-corrected chi connectivity index (χ1v) is 42.8. The van der Waals surface area contributed by atoms with Crippen LogP contribution in [0.1, 0.15) is 44.5 Å². The summed E-state index contributed by atoms with van der Waals surface area (Å²) in [6, 6.07) is 147. The summed E-state index contributed by atoms with van der Waals surface area (Å²) in [5.41, 5.74) is 28.4. The number of hydrogen-bond acceptors (Lipinski definition) is 10. The highest BCUT2D eigenvalue weighted by molar-refractivity contribution is 7.99. The fraction of sp³-hybridized carbons (Fsp3) is 0.0179. The zero-order valence-corrected chi connectivity index (χ0v) is 67.3. The van der Waals surface area contributed by atoms with Crippen LogP contribution in [0, 0.1) is 0 Å². The molecule has 0 unspecified atom stereocenters. The molecule has 0 saturated heterocycles. The average Bonchev–Trinajstić information content (AvgIpc) is 1.49. The molecular formula is C112H68N8S2. The minimum atomic E-state index is -0.474. The van der Waals surface area contributed by atoms with Gasteiger partial charge in [0.25, 0.3) is 0 Å². The molecule has 568 valence electrons. The maximum absolute atomic E-state index is 5.46. The zero-order valence-electron chi connectivity index (χ0n) is 65.7. The van der Waals surface area contributed by atoms with Gasteiger partial charge in [-0.05, 0) is 149 Å². The van der Waals surface area contributed by atoms with Crippen LogP contribution >= 0.6 is 23.5 Å². The van der Waals surface area contributed by atoms with E-state index in [0.29, 0.717) is 34.9 Å². The van der Waals surface area contributed by atoms with Gasteiger partial charge >= 0.3 is 0 Å². The number of rotatable bonds is 9. The number of fused-ring (bicyclic) bond motifs is 24. The second kappa shape index (κ2) is 28.8. The van der Waals surface area contributed by atoms with Gasteiger partial charge < -0.3 is 0 Å². The van der Waals surface area contributed by atoms with Crippen molar-refractivity contribution in [2.24, 2.45) is 0 Å². The molecule has 4 aromatic heterocycles. The summed E-state index contributed by atoms with van der Waals surface area (Å²) in [4.78, 5) is 46.3. The van der Waals surface area contributed by atoms with E-state index in [9.17, 15) is 0 Å². The van der Waals surface area contributed by atoms with Crippen LogP contribution in [0.5, 0.6) is 0 Å². The van der Waals surface area contributed by atoms with Gasteiger partial charge in [0.15, 0.2) is 34.9 Å². The minimum Gasteiger partial charge on any atom is -0.247 e. The van der Waals surface area contributed by atoms with Gasteiger partial charge in [-0.3, -0.25) is 0 Å². The minimum absolute atomic E-state index is 0.464. The third kappa shape index (κ3) is 11.4. The molecule has 6 heterocycles. The van der Waals surface area contributed by atoms with Gasteiger partial charge in [-0.2, -0.15) is 0 Å². The molecule has 0 saturated carbocycles. The Kier molecular flexibility index (Phi) is 16.8. The van der Waals surface area contributed by atoms with E-state index < -0.39 is 10.8 Å². The first-order chi connectivity index (χ1) is 60.4. The van der Waals surface area contributed by atoms with Gasteiger partial charge in [-0.25, -0.2) is 39.9 Å². The van der Waals surface area contributed by atoms with Crippen molar-refractivity contribution >= 4 is 66.9 Å². The molecular weight excluding hydrogens is 1520 g/mol. The van der Waals surface area contributed by atoms with Crippen molar-refractivity contribution in [2.45, 2.75) is 30.4 Å². The summed E-state index contributed by atoms with van der Waals surface area (Å²) in [7, 11) is 0. The zero-order chi connectivity index (χ0) is 80.4. The highest BCUT2D eigenvalue weighted by atomic mass is 32.2. The van der Waals surface area contributed by atoms with Crippen molar-refractivity contribution in [1.29, 1.82) is 0 Å². The third-order valence-electron chi connectivity index (χ3n) is 24.7. The van der Waals surface area contributed by atoms with Gasteiger partial charge in [-0.15, -0.1) is 0 Å². The van der Waals surface area contributed by atoms with E-state index in [2.05, 4.69) is 315 Å². The number of benzene rings is 17. The van der Waals surface area contributed by atoms with Gasteiger partial charge in [0.2, 0.25) is 0 Å². The van der Waals surface area contributed by atoms with Crippen molar-refractivity contribution in [3.63, 3.8) is 0 Å². The fourth-order valence-corrected chi connectivity index (χ4v) is 21.8. The lowest BCUT2D eigenvalue weighted by atomic mass is 9.67. The largest absolute Gasteiger partial charge is 0.247 e. The first kappa shape index (κ1) is 71.0. The number of nitrogens with zero attached hydrogens (tertiary/aromatic N) is 8. The second-order valence-electron chi connectivity index (χ2n) is 31.4. The van der Waals surface area contributed by atoms with Gasteiger partial charge in [0.1, 0.15) is 0 Å². The maximum Gasteiger partial charge on any atom is 0.164 e. The summed E-state index contributed by atoms with van der Waals surface area (Å²) in [6.45, 7) is 0. The SMILES string of the molecule is c1ccc(-c2ccc(-c3nc(-c4ccccc4)nc(-c4cccc(-c5nc6ccccc6c6cc7c(cc56)Sc5ccccc5C75c6ccccc6-c6ccccc65)c4)n3)cc2)cc1.c1ccc(-c2nc(-c3ccccc3)nc(-c3cccc(-c4nc5ccccc5c5cc6c(cc45)Sc4ccccc4C64c5ccccc5-c5ccccc54)c3)n2)cc1. The van der Waals surface area contributed by atoms with Crippen molar-refractivity contribution in [2.75, 3.05) is 0 Å². The van der Waals surface area contributed by atoms with E-state index in [-0.39, 0.29) is 0 Å². The highest BCUT2D eigenvalue weighted by Crippen LogP contribution is 2.65. The lowest BCUT2D eigenvalue weighted by Crippen LogP contribution is -2.32. The number of aromatic nitrogens is 8. The third-order valence-corrected chi connectivity index (χ3v) is 27.0. The molecule has 21 aromatic rings. The van der Waals surface area contributed by atoms with E-state index in [1.807, 2.05) is 121 Å². The van der Waals surface area contributed by atoms with Gasteiger partial charge in [0.05, 0.1) is 33.3 Å². The van der Waals surface area contributed by atoms with Gasteiger partial charge in [0, 0.05) is 85.6 Å². The first-order valence-electron chi connectivity index (χ1n) is 41.2. The summed E-state index contributed by atoms with van der Waals surface area (Å²) < 4.78 is 0. The molecule has 2 aliphatic heterocycles. The number of hydrogen-bond donors (Lipinski definition) is 0. The topological polar surface area (TPSA) is 103 Å². The molecule has 17 aromatic carbocycles. The number of pyridine rings is 2. The average molecular weight is 1590 g/mol. The molecule has 25 rings (SSSR count). The molecule has 0 bridgehead atoms. The molecule has 0 atom stereocenters. The molecule has 0 fully saturated rings. The maximum atomic E-state index is 5.46. The molecule has 2 spiro atoms. The van der Waals surface area contributed by atoms with Crippen LogP contribution < -0.4 is 0 Å². The molecule has 8 nitrogen and oxygen atoms in total. The Hall–Kier alpha value is -15.2. The van der Waals surface area contributed by atoms with Crippen LogP contribution in [0.4, 0.5) is 0 Å². The van der Waals surface area contributed by atoms with E-state index in [1.54, 1.807) is 0 Å². The highest BCUT2D eigenvalue weighted by Gasteiger charge is 2.52. The normalized spacial score (nSPS) is 13.1. The number of para-hydroxylation sites is 2. The van der Waals surface area contributed by atoms with Gasteiger partial charge in [-0.1, -0.05) is 375 Å². The monoisotopic (exact) mass is 1590 g/mol. The smallest absolute Gasteiger partial charge is 0.164 e. The van der Waals surface area contributed by atoms with Crippen molar-refractivity contribution < 1.29 is 0 Å². The van der Waals surface area contributed by atoms with Crippen LogP contribution in [0.3, 0.4) is 0 Å². The standard InChI is InChI=1S/C59H36N4S.C53H32N4S/c1-3-16-37(17-4-1)38-30-32-40(33-31-38)57-61-56(39-18-5-2-6-19-39)62-58(63-57)42-21-15-20-41(34-42)55-47-36-54-51(35-46(47)45-24-9-13-28-52(45)60-55)59(50-27-12-14-29-53(50)64-54)48-25-10-7-22-43(48)44-23-8-11-26-49(44)59;1-3-16-33(17-4-1)50-55-51(34-18-5-2-6-19-34)57-52(56-50)36-21-15-20-35(30-36)49-41-32-48-45(31-40(41)39-24-9-13-28-46(39)54-49)53(44-27-12-14-29-47(44)58-48)42-25-10-7-22-37(42)38-23-8-11-26-43(38)53/h1-36H;1-32H. The molecule has 2 aliphatic carbocycles. The van der Waals surface area contributed by atoms with Crippen LogP contribution in [0.2, 0.25) is 0 Å². The van der Waals surface area contributed by atoms with Crippen molar-refractivity contribution in [3.05, 3.63) is 457 Å². The molecule has 4 aliphatic rings. The molecule has 122 heavy (non-hydrogen) atoms. The molecule has 0 amide bonds. The second-order valence-corrected chi connectivity index (χ2v) is 33.6. The van der Waals surface area contributed by atoms with Crippen molar-refractivity contribution in [3.8, 4) is 124 Å². The summed E-state index contributed by atoms with van der Waals surface area (Å²) in [5.74, 6) is 3.74. The Labute approximate surface area is 713 Å². The van der Waals surface area contributed by atoms with Crippen LogP contribution in [0.25, 0.3) is 168 Å². The van der Waals surface area contributed by atoms with Crippen LogP contribution in [0.15, 0.2) is 432 Å². The van der Waals surface area contributed by atoms with E-state index in [4.69, 9.17) is 39.9 Å². The quantitative estimate of drug-likeness (QED) is 0.130. The van der Waals surface area contributed by atoms with Crippen LogP contribution in [-0.4, -0.2) is 39.9 Å². The van der Waals surface area contributed by atoms with Crippen LogP contribution in [-0.2, 0) is 10.8 Å². The Morgan fingerprint density at radius 1 is 0.156 bits per heavy atom. The molecule has 10 heteroatoms. The summed E-state index contributed by atoms with van der Waals surface area (Å²) in [6.07, 6.45) is 0.